The van der Waals surface area contributed by atoms with Crippen molar-refractivity contribution < 1.29 is 48.2 Å². The molecule has 0 unspecified atom stereocenters. The summed E-state index contributed by atoms with van der Waals surface area (Å²) in [6.45, 7) is 13.4. The number of alkyl carbamates (subject to hydrolysis) is 2. The molecule has 2 aromatic rings. The first-order valence-corrected chi connectivity index (χ1v) is 23.2. The molecule has 4 rings (SSSR count). The molecule has 7 amide bonds. The fraction of sp³-hybridized carbons (Fsp3) is 0.604. The average Bonchev–Trinajstić information content (AvgIpc) is 3.76. The molecule has 5 atom stereocenters. The highest BCUT2D eigenvalue weighted by atomic mass is 16.6. The quantitative estimate of drug-likeness (QED) is 0.0989. The van der Waals surface area contributed by atoms with Crippen LogP contribution in [0.1, 0.15) is 105 Å². The van der Waals surface area contributed by atoms with Crippen LogP contribution < -0.4 is 31.9 Å². The van der Waals surface area contributed by atoms with Gasteiger partial charge in [-0.1, -0.05) is 88.4 Å². The average molecular weight is 920 g/mol. The van der Waals surface area contributed by atoms with E-state index in [9.17, 15) is 38.8 Å². The van der Waals surface area contributed by atoms with Gasteiger partial charge in [0.1, 0.15) is 42.4 Å². The van der Waals surface area contributed by atoms with Crippen LogP contribution in [0.15, 0.2) is 60.7 Å². The maximum absolute atomic E-state index is 14.2. The summed E-state index contributed by atoms with van der Waals surface area (Å²) in [5.41, 5.74) is 0.782. The Morgan fingerprint density at radius 3 is 1.94 bits per heavy atom. The van der Waals surface area contributed by atoms with Crippen molar-refractivity contribution >= 4 is 41.7 Å². The molecule has 0 aliphatic carbocycles. The number of nitrogens with one attached hydrogen (secondary N) is 6. The van der Waals surface area contributed by atoms with E-state index in [-0.39, 0.29) is 64.0 Å². The summed E-state index contributed by atoms with van der Waals surface area (Å²) in [5, 5.41) is 29.6. The molecule has 363 valence electrons. The van der Waals surface area contributed by atoms with Crippen LogP contribution in [0.2, 0.25) is 0 Å². The Kier molecular flexibility index (Phi) is 20.7. The minimum Gasteiger partial charge on any atom is -0.445 e. The van der Waals surface area contributed by atoms with Crippen molar-refractivity contribution in [3.05, 3.63) is 71.8 Å². The van der Waals surface area contributed by atoms with Gasteiger partial charge in [0, 0.05) is 38.6 Å². The fourth-order valence-electron chi connectivity index (χ4n) is 7.87. The van der Waals surface area contributed by atoms with Gasteiger partial charge in [-0.15, -0.1) is 5.21 Å². The zero-order valence-corrected chi connectivity index (χ0v) is 39.6. The van der Waals surface area contributed by atoms with E-state index < -0.39 is 83.5 Å². The Hall–Kier alpha value is -5.75. The van der Waals surface area contributed by atoms with Crippen molar-refractivity contribution in [1.29, 1.82) is 0 Å². The molecule has 18 nitrogen and oxygen atoms in total. The smallest absolute Gasteiger partial charge is 0.408 e. The number of likely N-dealkylation sites (tertiary alicyclic amines) is 1. The van der Waals surface area contributed by atoms with Gasteiger partial charge in [-0.25, -0.2) is 9.59 Å². The molecule has 2 saturated heterocycles. The van der Waals surface area contributed by atoms with Crippen LogP contribution in [-0.2, 0) is 51.7 Å². The number of hydrogen-bond donors (Lipinski definition) is 6. The highest BCUT2D eigenvalue weighted by Gasteiger charge is 2.40. The summed E-state index contributed by atoms with van der Waals surface area (Å²) in [6, 6.07) is 12.8. The van der Waals surface area contributed by atoms with E-state index in [1.54, 1.807) is 34.6 Å². The molecule has 0 saturated carbocycles. The molecule has 2 heterocycles. The van der Waals surface area contributed by atoms with Gasteiger partial charge in [0.2, 0.25) is 29.5 Å². The van der Waals surface area contributed by atoms with E-state index in [1.165, 1.54) is 4.90 Å². The number of hydroxylamine groups is 2. The molecule has 0 spiro atoms. The summed E-state index contributed by atoms with van der Waals surface area (Å²) in [4.78, 5) is 97.2. The Morgan fingerprint density at radius 1 is 0.712 bits per heavy atom. The number of piperidine rings is 1. The molecule has 66 heavy (non-hydrogen) atoms. The van der Waals surface area contributed by atoms with Gasteiger partial charge in [-0.3, -0.25) is 24.0 Å². The van der Waals surface area contributed by atoms with Crippen LogP contribution in [-0.4, -0.2) is 120 Å². The number of rotatable bonds is 21. The van der Waals surface area contributed by atoms with E-state index in [0.29, 0.717) is 32.1 Å². The molecule has 0 bridgehead atoms. The van der Waals surface area contributed by atoms with E-state index in [2.05, 4.69) is 31.9 Å². The van der Waals surface area contributed by atoms with Crippen molar-refractivity contribution in [2.75, 3.05) is 26.2 Å². The Morgan fingerprint density at radius 2 is 1.33 bits per heavy atom. The van der Waals surface area contributed by atoms with E-state index in [0.717, 1.165) is 16.2 Å². The molecule has 18 heteroatoms. The third-order valence-corrected chi connectivity index (χ3v) is 11.3. The third kappa shape index (κ3) is 17.9. The van der Waals surface area contributed by atoms with E-state index >= 15 is 0 Å². The van der Waals surface area contributed by atoms with Gasteiger partial charge in [-0.2, -0.15) is 5.06 Å². The van der Waals surface area contributed by atoms with Gasteiger partial charge in [0.05, 0.1) is 0 Å². The lowest BCUT2D eigenvalue weighted by molar-refractivity contribution is -0.170. The van der Waals surface area contributed by atoms with Gasteiger partial charge < -0.3 is 46.3 Å². The lowest BCUT2D eigenvalue weighted by Gasteiger charge is -2.32. The molecular weight excluding hydrogens is 849 g/mol. The normalized spacial score (nSPS) is 17.5. The van der Waals surface area contributed by atoms with Crippen LogP contribution in [0.5, 0.6) is 0 Å². The zero-order valence-electron chi connectivity index (χ0n) is 39.6. The molecule has 1 radical (unpaired) electrons. The highest BCUT2D eigenvalue weighted by Crippen LogP contribution is 2.21. The van der Waals surface area contributed by atoms with Crippen LogP contribution in [0.4, 0.5) is 9.59 Å². The molecule has 2 aliphatic rings. The van der Waals surface area contributed by atoms with Gasteiger partial charge in [0.25, 0.3) is 0 Å². The van der Waals surface area contributed by atoms with E-state index in [1.807, 2.05) is 74.5 Å². The van der Waals surface area contributed by atoms with Crippen molar-refractivity contribution in [3.8, 4) is 0 Å². The molecule has 2 aromatic carbocycles. The van der Waals surface area contributed by atoms with Crippen LogP contribution in [0, 0.1) is 11.8 Å². The highest BCUT2D eigenvalue weighted by molar-refractivity contribution is 5.96. The fourth-order valence-corrected chi connectivity index (χ4v) is 7.87. The SMILES string of the molecule is CC(C)C[C@H](NC(=O)[C@@H](CCCNC(=O)OCc1ccccc1)NC(=O)[C@@H](NC(=O)[C@@H]1CCCN1C(=O)[C@@H](Cc1ccccc1)NC(=O)OC(C)(C)C)C(C)C)C(=O)NC1CCN([O])CC1. The minimum atomic E-state index is -1.19. The van der Waals surface area contributed by atoms with E-state index in [4.69, 9.17) is 9.47 Å². The summed E-state index contributed by atoms with van der Waals surface area (Å²) in [7, 11) is 0. The van der Waals surface area contributed by atoms with Crippen LogP contribution in [0.3, 0.4) is 0 Å². The summed E-state index contributed by atoms with van der Waals surface area (Å²) >= 11 is 0. The molecule has 2 aliphatic heterocycles. The maximum atomic E-state index is 14.2. The molecule has 6 N–H and O–H groups in total. The van der Waals surface area contributed by atoms with Crippen molar-refractivity contribution in [2.45, 2.75) is 148 Å². The number of amides is 7. The van der Waals surface area contributed by atoms with Crippen LogP contribution in [0.25, 0.3) is 0 Å². The topological polar surface area (TPSA) is 237 Å². The third-order valence-electron chi connectivity index (χ3n) is 11.3. The number of benzene rings is 2. The molecule has 2 fully saturated rings. The standard InChI is InChI=1S/C48H71N8O10/c1-31(2)28-37(42(58)50-35-22-26-55(64)27-23-35)52-41(57)36(20-14-24-49-46(62)65-30-34-18-12-9-13-19-34)51-44(60)40(32(3)4)54-43(59)39-21-15-25-56(39)45(61)38(29-33-16-10-8-11-17-33)53-47(63)66-48(5,6)7/h8-13,16-19,31-32,35-40H,14-15,20-30H2,1-7H3,(H,49,62)(H,50,58)(H,51,60)(H,52,57)(H,53,63)(H,54,59)/t36-,37+,38-,39+,40+/m1/s1. The number of ether oxygens (including phenoxy) is 2. The zero-order chi connectivity index (χ0) is 48.4. The van der Waals surface area contributed by atoms with Crippen molar-refractivity contribution in [1.82, 2.24) is 41.9 Å². The maximum Gasteiger partial charge on any atom is 0.408 e. The lowest BCUT2D eigenvalue weighted by atomic mass is 9.99. The van der Waals surface area contributed by atoms with Crippen molar-refractivity contribution in [2.24, 2.45) is 11.8 Å². The first kappa shape index (κ1) is 52.9. The summed E-state index contributed by atoms with van der Waals surface area (Å²) < 4.78 is 10.8. The second-order valence-corrected chi connectivity index (χ2v) is 18.9. The number of nitrogens with zero attached hydrogens (tertiary/aromatic N) is 2. The van der Waals surface area contributed by atoms with Gasteiger partial charge >= 0.3 is 12.2 Å². The largest absolute Gasteiger partial charge is 0.445 e. The molecule has 0 aromatic heterocycles. The number of hydrogen-bond acceptors (Lipinski definition) is 10. The summed E-state index contributed by atoms with van der Waals surface area (Å²) in [5.74, 6) is -3.19. The minimum absolute atomic E-state index is 0.00737. The van der Waals surface area contributed by atoms with Crippen molar-refractivity contribution in [3.63, 3.8) is 0 Å². The predicted octanol–water partition coefficient (Wildman–Crippen LogP) is 3.90. The summed E-state index contributed by atoms with van der Waals surface area (Å²) in [6.07, 6.45) is 1.06. The first-order chi connectivity index (χ1) is 31.3. The lowest BCUT2D eigenvalue weighted by Crippen LogP contribution is -2.60. The Bertz CT molecular complexity index is 1900. The second-order valence-electron chi connectivity index (χ2n) is 18.9. The Labute approximate surface area is 389 Å². The molecular formula is C48H71N8O10. The monoisotopic (exact) mass is 920 g/mol. The Balaban J connectivity index is 1.48. The van der Waals surface area contributed by atoms with Gasteiger partial charge in [-0.05, 0) is 88.7 Å². The first-order valence-electron chi connectivity index (χ1n) is 23.2. The van der Waals surface area contributed by atoms with Gasteiger partial charge in [0.15, 0.2) is 0 Å². The predicted molar refractivity (Wildman–Crippen MR) is 245 cm³/mol. The number of carbonyl (C=O) groups excluding carboxylic acids is 7. The second kappa shape index (κ2) is 25.8. The number of carbonyl (C=O) groups is 7. The van der Waals surface area contributed by atoms with Crippen LogP contribution >= 0.6 is 0 Å².